The molecule has 0 unspecified atom stereocenters. The lowest BCUT2D eigenvalue weighted by Crippen LogP contribution is -2.42. The monoisotopic (exact) mass is 378 g/mol. The van der Waals surface area contributed by atoms with Gasteiger partial charge in [-0.2, -0.15) is 13.2 Å². The van der Waals surface area contributed by atoms with Crippen molar-refractivity contribution < 1.29 is 13.2 Å². The van der Waals surface area contributed by atoms with Crippen LogP contribution in [0.3, 0.4) is 0 Å². The third-order valence-electron chi connectivity index (χ3n) is 5.80. The molecule has 4 rings (SSSR count). The summed E-state index contributed by atoms with van der Waals surface area (Å²) in [5, 5.41) is 0. The van der Waals surface area contributed by atoms with Gasteiger partial charge in [0.25, 0.3) is 5.56 Å². The molecule has 0 bridgehead atoms. The van der Waals surface area contributed by atoms with Gasteiger partial charge < -0.3 is 9.88 Å². The summed E-state index contributed by atoms with van der Waals surface area (Å²) in [4.78, 5) is 25.8. The molecule has 1 N–H and O–H groups in total. The number of rotatable bonds is 1. The Morgan fingerprint density at radius 2 is 1.81 bits per heavy atom. The number of halogens is 3. The first kappa shape index (κ1) is 18.0. The molecule has 1 aliphatic carbocycles. The van der Waals surface area contributed by atoms with E-state index < -0.39 is 11.7 Å². The average Bonchev–Trinajstić information content (AvgIpc) is 2.93. The molecule has 1 aliphatic heterocycles. The summed E-state index contributed by atoms with van der Waals surface area (Å²) in [5.41, 5.74) is 1.13. The summed E-state index contributed by atoms with van der Waals surface area (Å²) in [6.07, 6.45) is -1.30. The molecule has 1 saturated heterocycles. The zero-order chi connectivity index (χ0) is 19.4. The van der Waals surface area contributed by atoms with Gasteiger partial charge >= 0.3 is 6.18 Å². The van der Waals surface area contributed by atoms with E-state index in [0.29, 0.717) is 36.8 Å². The summed E-state index contributed by atoms with van der Waals surface area (Å²) < 4.78 is 39.3. The first-order chi connectivity index (χ1) is 12.7. The lowest BCUT2D eigenvalue weighted by molar-refractivity contribution is -0.137. The number of aromatic nitrogens is 3. The zero-order valence-corrected chi connectivity index (χ0v) is 15.3. The van der Waals surface area contributed by atoms with Gasteiger partial charge in [0.2, 0.25) is 0 Å². The summed E-state index contributed by atoms with van der Waals surface area (Å²) in [6.45, 7) is 4.55. The van der Waals surface area contributed by atoms with Gasteiger partial charge in [-0.05, 0) is 51.7 Å². The number of nitrogens with one attached hydrogen (secondary N) is 1. The van der Waals surface area contributed by atoms with Crippen molar-refractivity contribution in [2.75, 3.05) is 18.0 Å². The van der Waals surface area contributed by atoms with Gasteiger partial charge in [0.05, 0.1) is 11.3 Å². The van der Waals surface area contributed by atoms with Crippen LogP contribution in [0.25, 0.3) is 0 Å². The van der Waals surface area contributed by atoms with Crippen LogP contribution in [0.2, 0.25) is 0 Å². The maximum atomic E-state index is 13.1. The molecule has 8 heteroatoms. The number of aryl methyl sites for hydroxylation is 2. The van der Waals surface area contributed by atoms with E-state index in [9.17, 15) is 18.0 Å². The number of alkyl halides is 3. The molecule has 0 aromatic carbocycles. The van der Waals surface area contributed by atoms with Gasteiger partial charge in [0, 0.05) is 29.8 Å². The largest absolute Gasteiger partial charge is 0.416 e. The van der Waals surface area contributed by atoms with E-state index in [1.54, 1.807) is 13.8 Å². The van der Waals surface area contributed by atoms with E-state index in [1.807, 2.05) is 4.90 Å². The fraction of sp³-hybridized carbons (Fsp3) is 0.526. The molecular weight excluding hydrogens is 357 g/mol. The van der Waals surface area contributed by atoms with Gasteiger partial charge in [-0.25, -0.2) is 9.97 Å². The second-order valence-corrected chi connectivity index (χ2v) is 7.60. The fourth-order valence-electron chi connectivity index (χ4n) is 4.39. The summed E-state index contributed by atoms with van der Waals surface area (Å²) in [5.74, 6) is 0.975. The Labute approximate surface area is 154 Å². The molecule has 2 aliphatic rings. The first-order valence-corrected chi connectivity index (χ1v) is 9.09. The molecule has 3 heterocycles. The smallest absolute Gasteiger partial charge is 0.357 e. The van der Waals surface area contributed by atoms with Crippen molar-refractivity contribution in [3.63, 3.8) is 0 Å². The minimum Gasteiger partial charge on any atom is -0.357 e. The Morgan fingerprint density at radius 1 is 1.11 bits per heavy atom. The number of nitrogens with zero attached hydrogens (tertiary/aromatic N) is 3. The lowest BCUT2D eigenvalue weighted by atomic mass is 9.76. The molecule has 1 spiro atoms. The lowest BCUT2D eigenvalue weighted by Gasteiger charge is -2.40. The summed E-state index contributed by atoms with van der Waals surface area (Å²) in [7, 11) is 0. The number of pyridine rings is 1. The molecule has 5 nitrogen and oxygen atoms in total. The van der Waals surface area contributed by atoms with Crippen molar-refractivity contribution >= 4 is 5.82 Å². The number of hydrogen-bond donors (Lipinski definition) is 1. The molecule has 2 aromatic rings. The molecule has 0 amide bonds. The second-order valence-electron chi connectivity index (χ2n) is 7.60. The Hall–Kier alpha value is -2.38. The van der Waals surface area contributed by atoms with Crippen LogP contribution in [0.15, 0.2) is 16.9 Å². The Bertz CT molecular complexity index is 943. The Kier molecular flexibility index (Phi) is 4.05. The standard InChI is InChI=1S/C19H21F3N4O/c1-11-9-13(19(20,21)22)10-15(23-11)26-7-5-18(6-8-26)4-3-14-16(18)24-12(2)25-17(14)27/h9-10H,3-8H2,1-2H3,(H,24,25,27). The van der Waals surface area contributed by atoms with Crippen LogP contribution >= 0.6 is 0 Å². The van der Waals surface area contributed by atoms with E-state index in [-0.39, 0.29) is 11.0 Å². The molecule has 0 saturated carbocycles. The third-order valence-corrected chi connectivity index (χ3v) is 5.80. The highest BCUT2D eigenvalue weighted by Crippen LogP contribution is 2.45. The van der Waals surface area contributed by atoms with Gasteiger partial charge in [-0.15, -0.1) is 0 Å². The third kappa shape index (κ3) is 3.11. The number of anilines is 1. The van der Waals surface area contributed by atoms with Crippen molar-refractivity contribution in [3.8, 4) is 0 Å². The van der Waals surface area contributed by atoms with Gasteiger partial charge in [-0.3, -0.25) is 4.79 Å². The molecule has 2 aromatic heterocycles. The van der Waals surface area contributed by atoms with Crippen LogP contribution in [0.5, 0.6) is 0 Å². The molecule has 0 atom stereocenters. The summed E-state index contributed by atoms with van der Waals surface area (Å²) in [6, 6.07) is 2.20. The van der Waals surface area contributed by atoms with Gasteiger partial charge in [0.15, 0.2) is 0 Å². The highest BCUT2D eigenvalue weighted by Gasteiger charge is 2.44. The number of piperidine rings is 1. The highest BCUT2D eigenvalue weighted by atomic mass is 19.4. The Morgan fingerprint density at radius 3 is 2.48 bits per heavy atom. The highest BCUT2D eigenvalue weighted by molar-refractivity contribution is 5.45. The molecule has 144 valence electrons. The summed E-state index contributed by atoms with van der Waals surface area (Å²) >= 11 is 0. The van der Waals surface area contributed by atoms with E-state index in [1.165, 1.54) is 0 Å². The SMILES string of the molecule is Cc1cc(C(F)(F)F)cc(N2CCC3(CCc4c3nc(C)[nH]c4=O)CC2)n1. The van der Waals surface area contributed by atoms with Crippen LogP contribution in [-0.4, -0.2) is 28.0 Å². The average molecular weight is 378 g/mol. The van der Waals surface area contributed by atoms with E-state index in [4.69, 9.17) is 0 Å². The van der Waals surface area contributed by atoms with Crippen molar-refractivity contribution in [2.45, 2.75) is 51.1 Å². The zero-order valence-electron chi connectivity index (χ0n) is 15.3. The topological polar surface area (TPSA) is 61.9 Å². The number of aromatic amines is 1. The molecule has 0 radical (unpaired) electrons. The molecule has 27 heavy (non-hydrogen) atoms. The molecular formula is C19H21F3N4O. The normalized spacial score (nSPS) is 18.8. The van der Waals surface area contributed by atoms with Crippen LogP contribution in [-0.2, 0) is 18.0 Å². The van der Waals surface area contributed by atoms with Crippen LogP contribution in [0.1, 0.15) is 47.6 Å². The van der Waals surface area contributed by atoms with Crippen LogP contribution in [0, 0.1) is 13.8 Å². The number of fused-ring (bicyclic) bond motifs is 2. The van der Waals surface area contributed by atoms with E-state index in [2.05, 4.69) is 15.0 Å². The van der Waals surface area contributed by atoms with Gasteiger partial charge in [0.1, 0.15) is 11.6 Å². The fourth-order valence-corrected chi connectivity index (χ4v) is 4.39. The van der Waals surface area contributed by atoms with Crippen LogP contribution < -0.4 is 10.5 Å². The quantitative estimate of drug-likeness (QED) is 0.827. The predicted octanol–water partition coefficient (Wildman–Crippen LogP) is 3.28. The van der Waals surface area contributed by atoms with E-state index in [0.717, 1.165) is 42.7 Å². The Balaban J connectivity index is 1.60. The van der Waals surface area contributed by atoms with Crippen molar-refractivity contribution in [1.29, 1.82) is 0 Å². The minimum atomic E-state index is -4.38. The van der Waals surface area contributed by atoms with Crippen molar-refractivity contribution in [2.24, 2.45) is 0 Å². The maximum absolute atomic E-state index is 13.1. The number of hydrogen-bond acceptors (Lipinski definition) is 4. The first-order valence-electron chi connectivity index (χ1n) is 9.09. The van der Waals surface area contributed by atoms with Gasteiger partial charge in [-0.1, -0.05) is 0 Å². The minimum absolute atomic E-state index is 0.0630. The van der Waals surface area contributed by atoms with E-state index >= 15 is 0 Å². The maximum Gasteiger partial charge on any atom is 0.416 e. The predicted molar refractivity (Wildman–Crippen MR) is 95.0 cm³/mol. The van der Waals surface area contributed by atoms with Crippen molar-refractivity contribution in [1.82, 2.24) is 15.0 Å². The van der Waals surface area contributed by atoms with Crippen molar-refractivity contribution in [3.05, 3.63) is 50.8 Å². The molecule has 1 fully saturated rings. The van der Waals surface area contributed by atoms with Crippen LogP contribution in [0.4, 0.5) is 19.0 Å². The second kappa shape index (κ2) is 6.07. The number of H-pyrrole nitrogens is 1.